The first-order valence-electron chi connectivity index (χ1n) is 7.12. The van der Waals surface area contributed by atoms with E-state index in [1.54, 1.807) is 18.2 Å². The van der Waals surface area contributed by atoms with E-state index in [0.717, 1.165) is 0 Å². The van der Waals surface area contributed by atoms with E-state index in [0.29, 0.717) is 12.3 Å². The Hall–Kier alpha value is -2.34. The van der Waals surface area contributed by atoms with Crippen LogP contribution in [0, 0.1) is 0 Å². The summed E-state index contributed by atoms with van der Waals surface area (Å²) in [6.07, 6.45) is 0.827. The largest absolute Gasteiger partial charge is 0.484 e. The molecule has 1 aliphatic rings. The molecule has 22 heavy (non-hydrogen) atoms. The van der Waals surface area contributed by atoms with Crippen LogP contribution >= 0.6 is 0 Å². The Labute approximate surface area is 129 Å². The number of nitrogens with zero attached hydrogens (tertiary/aromatic N) is 2. The molecule has 1 unspecified atom stereocenters. The smallest absolute Gasteiger partial charge is 0.261 e. The zero-order valence-electron chi connectivity index (χ0n) is 12.4. The maximum absolute atomic E-state index is 12.2. The van der Waals surface area contributed by atoms with E-state index in [1.807, 2.05) is 18.2 Å². The zero-order chi connectivity index (χ0) is 15.9. The van der Waals surface area contributed by atoms with Crippen molar-refractivity contribution in [3.63, 3.8) is 0 Å². The fraction of sp³-hybridized carbons (Fsp3) is 0.375. The van der Waals surface area contributed by atoms with Crippen molar-refractivity contribution < 1.29 is 19.4 Å². The number of rotatable bonds is 5. The van der Waals surface area contributed by atoms with Crippen molar-refractivity contribution >= 4 is 11.8 Å². The van der Waals surface area contributed by atoms with E-state index in [-0.39, 0.29) is 38.1 Å². The third-order valence-corrected chi connectivity index (χ3v) is 3.35. The molecule has 0 aromatic heterocycles. The van der Waals surface area contributed by atoms with Crippen LogP contribution in [0.1, 0.15) is 0 Å². The summed E-state index contributed by atoms with van der Waals surface area (Å²) >= 11 is 0. The van der Waals surface area contributed by atoms with E-state index in [2.05, 4.69) is 6.58 Å². The number of hydrogen-bond donors (Lipinski definition) is 1. The highest BCUT2D eigenvalue weighted by Gasteiger charge is 2.28. The summed E-state index contributed by atoms with van der Waals surface area (Å²) in [5.74, 6) is 0.0621. The van der Waals surface area contributed by atoms with Gasteiger partial charge in [0, 0.05) is 19.6 Å². The van der Waals surface area contributed by atoms with Crippen LogP contribution < -0.4 is 4.74 Å². The number of aliphatic hydroxyl groups excluding tert-OH is 1. The Morgan fingerprint density at radius 3 is 2.77 bits per heavy atom. The standard InChI is InChI=1S/C16H20N2O4/c1-2-8-17-9-13(19)10-18(11-15(17)20)16(21)12-22-14-6-4-3-5-7-14/h2-7,13,19H,1,8-12H2. The molecule has 1 N–H and O–H groups in total. The quantitative estimate of drug-likeness (QED) is 0.794. The molecule has 6 nitrogen and oxygen atoms in total. The highest BCUT2D eigenvalue weighted by Crippen LogP contribution is 2.10. The molecule has 2 amide bonds. The lowest BCUT2D eigenvalue weighted by Gasteiger charge is -2.21. The van der Waals surface area contributed by atoms with Crippen LogP contribution in [0.3, 0.4) is 0 Å². The lowest BCUT2D eigenvalue weighted by molar-refractivity contribution is -0.139. The Balaban J connectivity index is 1.94. The third kappa shape index (κ3) is 4.33. The number of carbonyl (C=O) groups is 2. The molecule has 0 saturated carbocycles. The topological polar surface area (TPSA) is 70.1 Å². The van der Waals surface area contributed by atoms with Gasteiger partial charge in [-0.25, -0.2) is 0 Å². The summed E-state index contributed by atoms with van der Waals surface area (Å²) in [6, 6.07) is 8.98. The predicted molar refractivity (Wildman–Crippen MR) is 81.3 cm³/mol. The molecule has 2 rings (SSSR count). The number of hydrogen-bond acceptors (Lipinski definition) is 4. The van der Waals surface area contributed by atoms with Gasteiger partial charge in [0.25, 0.3) is 5.91 Å². The van der Waals surface area contributed by atoms with Crippen molar-refractivity contribution in [2.45, 2.75) is 6.10 Å². The van der Waals surface area contributed by atoms with E-state index >= 15 is 0 Å². The SMILES string of the molecule is C=CCN1CC(O)CN(C(=O)COc2ccccc2)CC1=O. The lowest BCUT2D eigenvalue weighted by Crippen LogP contribution is -2.41. The number of carbonyl (C=O) groups excluding carboxylic acids is 2. The molecule has 118 valence electrons. The molecule has 1 fully saturated rings. The van der Waals surface area contributed by atoms with Gasteiger partial charge in [-0.05, 0) is 12.1 Å². The van der Waals surface area contributed by atoms with Gasteiger partial charge in [0.05, 0.1) is 12.6 Å². The van der Waals surface area contributed by atoms with Crippen molar-refractivity contribution in [3.8, 4) is 5.75 Å². The molecular formula is C16H20N2O4. The Kier molecular flexibility index (Phi) is 5.55. The maximum Gasteiger partial charge on any atom is 0.261 e. The van der Waals surface area contributed by atoms with Gasteiger partial charge in [0.15, 0.2) is 6.61 Å². The van der Waals surface area contributed by atoms with Crippen LogP contribution in [0.2, 0.25) is 0 Å². The lowest BCUT2D eigenvalue weighted by atomic mass is 10.3. The van der Waals surface area contributed by atoms with Gasteiger partial charge in [-0.2, -0.15) is 0 Å². The van der Waals surface area contributed by atoms with Crippen LogP contribution in [0.25, 0.3) is 0 Å². The van der Waals surface area contributed by atoms with Crippen LogP contribution in [0.5, 0.6) is 5.75 Å². The maximum atomic E-state index is 12.2. The van der Waals surface area contributed by atoms with Gasteiger partial charge >= 0.3 is 0 Å². The number of amides is 2. The van der Waals surface area contributed by atoms with E-state index < -0.39 is 6.10 Å². The number of aliphatic hydroxyl groups is 1. The molecule has 0 radical (unpaired) electrons. The molecule has 0 spiro atoms. The second-order valence-corrected chi connectivity index (χ2v) is 5.12. The monoisotopic (exact) mass is 304 g/mol. The predicted octanol–water partition coefficient (Wildman–Crippen LogP) is 0.283. The zero-order valence-corrected chi connectivity index (χ0v) is 12.4. The highest BCUT2D eigenvalue weighted by atomic mass is 16.5. The Bertz CT molecular complexity index is 532. The Morgan fingerprint density at radius 1 is 1.36 bits per heavy atom. The van der Waals surface area contributed by atoms with Gasteiger partial charge in [-0.15, -0.1) is 6.58 Å². The summed E-state index contributed by atoms with van der Waals surface area (Å²) in [5.41, 5.74) is 0. The average molecular weight is 304 g/mol. The van der Waals surface area contributed by atoms with Gasteiger partial charge in [0.2, 0.25) is 5.91 Å². The fourth-order valence-electron chi connectivity index (χ4n) is 2.27. The minimum atomic E-state index is -0.771. The summed E-state index contributed by atoms with van der Waals surface area (Å²) in [5, 5.41) is 9.95. The molecule has 1 aromatic rings. The first-order valence-corrected chi connectivity index (χ1v) is 7.12. The second-order valence-electron chi connectivity index (χ2n) is 5.12. The molecule has 1 heterocycles. The van der Waals surface area contributed by atoms with Crippen molar-refractivity contribution in [1.29, 1.82) is 0 Å². The van der Waals surface area contributed by atoms with Crippen LogP contribution in [-0.4, -0.2) is 65.6 Å². The van der Waals surface area contributed by atoms with Gasteiger partial charge in [-0.3, -0.25) is 9.59 Å². The summed E-state index contributed by atoms with van der Waals surface area (Å²) in [4.78, 5) is 27.1. The number of β-amino-alcohol motifs (C(OH)–C–C–N with tert-alkyl or cyclic N) is 1. The van der Waals surface area contributed by atoms with Gasteiger partial charge < -0.3 is 19.6 Å². The molecule has 0 aliphatic carbocycles. The normalized spacial score (nSPS) is 18.8. The minimum absolute atomic E-state index is 0.0537. The van der Waals surface area contributed by atoms with E-state index in [9.17, 15) is 14.7 Å². The van der Waals surface area contributed by atoms with Crippen LogP contribution in [0.15, 0.2) is 43.0 Å². The molecule has 1 atom stereocenters. The average Bonchev–Trinajstić information content (AvgIpc) is 2.65. The number of ether oxygens (including phenoxy) is 1. The van der Waals surface area contributed by atoms with Crippen molar-refractivity contribution in [2.75, 3.05) is 32.8 Å². The first kappa shape index (κ1) is 16.0. The summed E-state index contributed by atoms with van der Waals surface area (Å²) < 4.78 is 5.39. The molecule has 1 aromatic carbocycles. The number of benzene rings is 1. The second kappa shape index (κ2) is 7.61. The van der Waals surface area contributed by atoms with Crippen molar-refractivity contribution in [1.82, 2.24) is 9.80 Å². The molecule has 6 heteroatoms. The van der Waals surface area contributed by atoms with Gasteiger partial charge in [-0.1, -0.05) is 24.3 Å². The highest BCUT2D eigenvalue weighted by molar-refractivity contribution is 5.86. The van der Waals surface area contributed by atoms with Crippen molar-refractivity contribution in [2.24, 2.45) is 0 Å². The third-order valence-electron chi connectivity index (χ3n) is 3.35. The Morgan fingerprint density at radius 2 is 2.09 bits per heavy atom. The van der Waals surface area contributed by atoms with Crippen LogP contribution in [-0.2, 0) is 9.59 Å². The van der Waals surface area contributed by atoms with Gasteiger partial charge in [0.1, 0.15) is 5.75 Å². The first-order chi connectivity index (χ1) is 10.6. The molecular weight excluding hydrogens is 284 g/mol. The summed E-state index contributed by atoms with van der Waals surface area (Å²) in [6.45, 7) is 4.05. The fourth-order valence-corrected chi connectivity index (χ4v) is 2.27. The number of para-hydroxylation sites is 1. The minimum Gasteiger partial charge on any atom is -0.484 e. The summed E-state index contributed by atoms with van der Waals surface area (Å²) in [7, 11) is 0. The van der Waals surface area contributed by atoms with E-state index in [4.69, 9.17) is 4.74 Å². The molecule has 0 bridgehead atoms. The molecule has 1 aliphatic heterocycles. The van der Waals surface area contributed by atoms with E-state index in [1.165, 1.54) is 9.80 Å². The van der Waals surface area contributed by atoms with Crippen LogP contribution in [0.4, 0.5) is 0 Å². The molecule has 1 saturated heterocycles. The van der Waals surface area contributed by atoms with Crippen molar-refractivity contribution in [3.05, 3.63) is 43.0 Å².